The van der Waals surface area contributed by atoms with Crippen LogP contribution in [0.25, 0.3) is 0 Å². The van der Waals surface area contributed by atoms with Gasteiger partial charge in [0.15, 0.2) is 0 Å². The summed E-state index contributed by atoms with van der Waals surface area (Å²) < 4.78 is 2.29. The molecule has 0 amide bonds. The van der Waals surface area contributed by atoms with Crippen LogP contribution in [0.4, 0.5) is 0 Å². The van der Waals surface area contributed by atoms with E-state index in [1.165, 1.54) is 31.5 Å². The van der Waals surface area contributed by atoms with Gasteiger partial charge in [0.2, 0.25) is 0 Å². The normalized spacial score (nSPS) is 28.0. The van der Waals surface area contributed by atoms with Crippen LogP contribution in [-0.2, 0) is 18.4 Å². The zero-order valence-corrected chi connectivity index (χ0v) is 9.95. The number of aryl methyl sites for hydroxylation is 1. The number of nitrogens with zero attached hydrogens (tertiary/aromatic N) is 3. The molecule has 1 aromatic rings. The molecule has 1 fully saturated rings. The lowest BCUT2D eigenvalue weighted by Gasteiger charge is -2.27. The molecule has 1 atom stereocenters. The maximum atomic E-state index is 6.04. The minimum absolute atomic E-state index is 0.252. The van der Waals surface area contributed by atoms with Gasteiger partial charge in [-0.3, -0.25) is 0 Å². The Balaban J connectivity index is 1.99. The molecule has 3 rings (SSSR count). The molecule has 88 valence electrons. The van der Waals surface area contributed by atoms with Crippen LogP contribution in [0.5, 0.6) is 0 Å². The van der Waals surface area contributed by atoms with Crippen molar-refractivity contribution in [2.24, 2.45) is 5.73 Å². The van der Waals surface area contributed by atoms with Gasteiger partial charge >= 0.3 is 0 Å². The average molecular weight is 220 g/mol. The minimum Gasteiger partial charge on any atom is -0.326 e. The number of aromatic nitrogens is 3. The monoisotopic (exact) mass is 220 g/mol. The van der Waals surface area contributed by atoms with Gasteiger partial charge in [0, 0.05) is 24.4 Å². The van der Waals surface area contributed by atoms with Gasteiger partial charge in [0.05, 0.1) is 0 Å². The Morgan fingerprint density at radius 3 is 2.81 bits per heavy atom. The smallest absolute Gasteiger partial charge is 0.139 e. The topological polar surface area (TPSA) is 56.7 Å². The van der Waals surface area contributed by atoms with E-state index < -0.39 is 0 Å². The fourth-order valence-electron chi connectivity index (χ4n) is 3.18. The van der Waals surface area contributed by atoms with E-state index in [9.17, 15) is 0 Å². The van der Waals surface area contributed by atoms with Crippen LogP contribution in [0.15, 0.2) is 0 Å². The van der Waals surface area contributed by atoms with E-state index in [-0.39, 0.29) is 11.5 Å². The number of nitrogens with two attached hydrogens (primary N) is 1. The first kappa shape index (κ1) is 10.3. The van der Waals surface area contributed by atoms with Gasteiger partial charge in [-0.1, -0.05) is 19.8 Å². The standard InChI is InChI=1S/C12H20N4/c1-12(6-2-3-7-12)11-15-14-10-5-4-9(13)8-16(10)11/h9H,2-8,13H2,1H3. The molecular formula is C12H20N4. The van der Waals surface area contributed by atoms with Crippen LogP contribution >= 0.6 is 0 Å². The van der Waals surface area contributed by atoms with E-state index in [2.05, 4.69) is 21.7 Å². The Morgan fingerprint density at radius 1 is 1.31 bits per heavy atom. The molecule has 16 heavy (non-hydrogen) atoms. The highest BCUT2D eigenvalue weighted by Crippen LogP contribution is 2.40. The second-order valence-corrected chi connectivity index (χ2v) is 5.62. The lowest BCUT2D eigenvalue weighted by Crippen LogP contribution is -2.35. The Hall–Kier alpha value is -0.900. The Kier molecular flexibility index (Phi) is 2.28. The maximum Gasteiger partial charge on any atom is 0.139 e. The van der Waals surface area contributed by atoms with Crippen LogP contribution in [0.1, 0.15) is 50.7 Å². The van der Waals surface area contributed by atoms with Gasteiger partial charge < -0.3 is 10.3 Å². The second kappa shape index (κ2) is 3.55. The highest BCUT2D eigenvalue weighted by molar-refractivity contribution is 5.13. The lowest BCUT2D eigenvalue weighted by molar-refractivity contribution is 0.387. The summed E-state index contributed by atoms with van der Waals surface area (Å²) >= 11 is 0. The average Bonchev–Trinajstić information content (AvgIpc) is 2.84. The Bertz CT molecular complexity index is 390. The fourth-order valence-corrected chi connectivity index (χ4v) is 3.18. The van der Waals surface area contributed by atoms with E-state index in [4.69, 9.17) is 5.73 Å². The molecular weight excluding hydrogens is 200 g/mol. The molecule has 0 spiro atoms. The fraction of sp³-hybridized carbons (Fsp3) is 0.833. The highest BCUT2D eigenvalue weighted by Gasteiger charge is 2.37. The third-order valence-corrected chi connectivity index (χ3v) is 4.23. The van der Waals surface area contributed by atoms with Crippen molar-refractivity contribution in [1.82, 2.24) is 14.8 Å². The summed E-state index contributed by atoms with van der Waals surface area (Å²) in [6, 6.07) is 0.284. The van der Waals surface area contributed by atoms with Crippen molar-refractivity contribution >= 4 is 0 Å². The maximum absolute atomic E-state index is 6.04. The van der Waals surface area contributed by atoms with Crippen LogP contribution < -0.4 is 5.73 Å². The van der Waals surface area contributed by atoms with Gasteiger partial charge in [0.1, 0.15) is 11.6 Å². The number of hydrogen-bond donors (Lipinski definition) is 1. The van der Waals surface area contributed by atoms with Crippen LogP contribution in [0.3, 0.4) is 0 Å². The van der Waals surface area contributed by atoms with Gasteiger partial charge in [-0.05, 0) is 19.3 Å². The largest absolute Gasteiger partial charge is 0.326 e. The van der Waals surface area contributed by atoms with Gasteiger partial charge in [-0.2, -0.15) is 0 Å². The van der Waals surface area contributed by atoms with Crippen molar-refractivity contribution < 1.29 is 0 Å². The molecule has 0 aromatic carbocycles. The quantitative estimate of drug-likeness (QED) is 0.778. The zero-order chi connectivity index (χ0) is 11.2. The first-order valence-corrected chi connectivity index (χ1v) is 6.37. The Morgan fingerprint density at radius 2 is 2.06 bits per heavy atom. The van der Waals surface area contributed by atoms with Crippen molar-refractivity contribution in [3.05, 3.63) is 11.6 Å². The number of hydrogen-bond acceptors (Lipinski definition) is 3. The summed E-state index contributed by atoms with van der Waals surface area (Å²) in [4.78, 5) is 0. The predicted octanol–water partition coefficient (Wildman–Crippen LogP) is 1.38. The minimum atomic E-state index is 0.252. The Labute approximate surface area is 96.2 Å². The second-order valence-electron chi connectivity index (χ2n) is 5.62. The molecule has 0 bridgehead atoms. The zero-order valence-electron chi connectivity index (χ0n) is 9.95. The molecule has 2 aliphatic rings. The SMILES string of the molecule is CC1(c2nnc3n2CC(N)CC3)CCCC1. The lowest BCUT2D eigenvalue weighted by atomic mass is 9.87. The molecule has 1 unspecified atom stereocenters. The van der Waals surface area contributed by atoms with Crippen LogP contribution in [0.2, 0.25) is 0 Å². The van der Waals surface area contributed by atoms with Gasteiger partial charge in [-0.15, -0.1) is 10.2 Å². The molecule has 1 saturated carbocycles. The van der Waals surface area contributed by atoms with E-state index in [0.717, 1.165) is 25.2 Å². The summed E-state index contributed by atoms with van der Waals surface area (Å²) in [6.45, 7) is 3.24. The molecule has 2 heterocycles. The summed E-state index contributed by atoms with van der Waals surface area (Å²) in [7, 11) is 0. The van der Waals surface area contributed by atoms with Gasteiger partial charge in [0.25, 0.3) is 0 Å². The molecule has 1 aliphatic heterocycles. The molecule has 1 aromatic heterocycles. The summed E-state index contributed by atoms with van der Waals surface area (Å²) in [5.74, 6) is 2.33. The molecule has 4 heteroatoms. The number of rotatable bonds is 1. The first-order chi connectivity index (χ1) is 7.69. The summed E-state index contributed by atoms with van der Waals surface area (Å²) in [6.07, 6.45) is 7.19. The van der Waals surface area contributed by atoms with Crippen molar-refractivity contribution in [1.29, 1.82) is 0 Å². The third-order valence-electron chi connectivity index (χ3n) is 4.23. The molecule has 0 saturated heterocycles. The van der Waals surface area contributed by atoms with Crippen LogP contribution in [0, 0.1) is 0 Å². The summed E-state index contributed by atoms with van der Waals surface area (Å²) in [5, 5.41) is 8.78. The van der Waals surface area contributed by atoms with E-state index in [1.54, 1.807) is 0 Å². The first-order valence-electron chi connectivity index (χ1n) is 6.37. The molecule has 1 aliphatic carbocycles. The molecule has 2 N–H and O–H groups in total. The molecule has 0 radical (unpaired) electrons. The van der Waals surface area contributed by atoms with Gasteiger partial charge in [-0.25, -0.2) is 0 Å². The molecule has 4 nitrogen and oxygen atoms in total. The van der Waals surface area contributed by atoms with E-state index in [1.807, 2.05) is 0 Å². The van der Waals surface area contributed by atoms with Crippen LogP contribution in [-0.4, -0.2) is 20.8 Å². The van der Waals surface area contributed by atoms with Crippen molar-refractivity contribution in [2.45, 2.75) is 63.5 Å². The number of fused-ring (bicyclic) bond motifs is 1. The van der Waals surface area contributed by atoms with E-state index in [0.29, 0.717) is 0 Å². The highest BCUT2D eigenvalue weighted by atomic mass is 15.3. The van der Waals surface area contributed by atoms with E-state index >= 15 is 0 Å². The third kappa shape index (κ3) is 1.47. The summed E-state index contributed by atoms with van der Waals surface area (Å²) in [5.41, 5.74) is 6.30. The van der Waals surface area contributed by atoms with Crippen molar-refractivity contribution in [3.63, 3.8) is 0 Å². The van der Waals surface area contributed by atoms with Crippen molar-refractivity contribution in [3.8, 4) is 0 Å². The van der Waals surface area contributed by atoms with Crippen molar-refractivity contribution in [2.75, 3.05) is 0 Å². The predicted molar refractivity (Wildman–Crippen MR) is 62.1 cm³/mol.